The van der Waals surface area contributed by atoms with Crippen LogP contribution in [0.25, 0.3) is 0 Å². The SMILES string of the molecule is O=C(N/N=C/c1cc(O)ccc1O)c1ccc(O)cc1. The summed E-state index contributed by atoms with van der Waals surface area (Å²) in [6.45, 7) is 0. The smallest absolute Gasteiger partial charge is 0.271 e. The van der Waals surface area contributed by atoms with Crippen LogP contribution in [0.5, 0.6) is 17.2 Å². The molecule has 102 valence electrons. The van der Waals surface area contributed by atoms with Crippen molar-refractivity contribution in [3.05, 3.63) is 53.6 Å². The monoisotopic (exact) mass is 272 g/mol. The van der Waals surface area contributed by atoms with Crippen LogP contribution < -0.4 is 5.43 Å². The zero-order valence-corrected chi connectivity index (χ0v) is 10.3. The lowest BCUT2D eigenvalue weighted by Gasteiger charge is -2.01. The largest absolute Gasteiger partial charge is 0.508 e. The van der Waals surface area contributed by atoms with Gasteiger partial charge in [-0.25, -0.2) is 5.43 Å². The van der Waals surface area contributed by atoms with Gasteiger partial charge in [0.05, 0.1) is 6.21 Å². The van der Waals surface area contributed by atoms with Crippen molar-refractivity contribution in [2.24, 2.45) is 5.10 Å². The predicted octanol–water partition coefficient (Wildman–Crippen LogP) is 1.57. The van der Waals surface area contributed by atoms with Crippen molar-refractivity contribution in [1.29, 1.82) is 0 Å². The summed E-state index contributed by atoms with van der Waals surface area (Å²) in [5.74, 6) is -0.477. The summed E-state index contributed by atoms with van der Waals surface area (Å²) in [6.07, 6.45) is 1.22. The fourth-order valence-electron chi connectivity index (χ4n) is 1.48. The molecule has 0 aliphatic heterocycles. The second-order valence-corrected chi connectivity index (χ2v) is 3.99. The number of nitrogens with zero attached hydrogens (tertiary/aromatic N) is 1. The summed E-state index contributed by atoms with van der Waals surface area (Å²) in [6, 6.07) is 9.64. The summed E-state index contributed by atoms with van der Waals surface area (Å²) in [7, 11) is 0. The van der Waals surface area contributed by atoms with Gasteiger partial charge in [-0.1, -0.05) is 0 Å². The molecule has 6 heteroatoms. The zero-order valence-electron chi connectivity index (χ0n) is 10.3. The third-order valence-corrected chi connectivity index (χ3v) is 2.51. The molecule has 1 amide bonds. The van der Waals surface area contributed by atoms with Crippen molar-refractivity contribution >= 4 is 12.1 Å². The van der Waals surface area contributed by atoms with E-state index in [9.17, 15) is 15.0 Å². The van der Waals surface area contributed by atoms with Gasteiger partial charge < -0.3 is 15.3 Å². The quantitative estimate of drug-likeness (QED) is 0.387. The number of carbonyl (C=O) groups excluding carboxylic acids is 1. The molecule has 2 aromatic rings. The molecule has 0 saturated carbocycles. The molecule has 6 nitrogen and oxygen atoms in total. The highest BCUT2D eigenvalue weighted by atomic mass is 16.3. The van der Waals surface area contributed by atoms with E-state index < -0.39 is 5.91 Å². The predicted molar refractivity (Wildman–Crippen MR) is 72.9 cm³/mol. The van der Waals surface area contributed by atoms with Crippen LogP contribution >= 0.6 is 0 Å². The van der Waals surface area contributed by atoms with Crippen LogP contribution in [0.4, 0.5) is 0 Å². The molecule has 0 aromatic heterocycles. The average Bonchev–Trinajstić information content (AvgIpc) is 2.43. The number of hydrogen-bond donors (Lipinski definition) is 4. The van der Waals surface area contributed by atoms with Gasteiger partial charge in [0.25, 0.3) is 5.91 Å². The first-order valence-corrected chi connectivity index (χ1v) is 5.70. The molecule has 2 rings (SSSR count). The summed E-state index contributed by atoms with van der Waals surface area (Å²) < 4.78 is 0. The number of amides is 1. The van der Waals surface area contributed by atoms with Crippen LogP contribution in [-0.4, -0.2) is 27.4 Å². The van der Waals surface area contributed by atoms with E-state index in [0.29, 0.717) is 5.56 Å². The van der Waals surface area contributed by atoms with Gasteiger partial charge in [-0.05, 0) is 42.5 Å². The Morgan fingerprint density at radius 1 is 1.00 bits per heavy atom. The van der Waals surface area contributed by atoms with E-state index in [1.54, 1.807) is 0 Å². The first-order chi connectivity index (χ1) is 9.56. The van der Waals surface area contributed by atoms with E-state index in [-0.39, 0.29) is 22.8 Å². The maximum absolute atomic E-state index is 11.7. The lowest BCUT2D eigenvalue weighted by atomic mass is 10.2. The summed E-state index contributed by atoms with van der Waals surface area (Å²) in [4.78, 5) is 11.7. The highest BCUT2D eigenvalue weighted by Gasteiger charge is 2.04. The number of carbonyl (C=O) groups is 1. The topological polar surface area (TPSA) is 102 Å². The summed E-state index contributed by atoms with van der Waals surface area (Å²) >= 11 is 0. The Morgan fingerprint density at radius 3 is 2.35 bits per heavy atom. The van der Waals surface area contributed by atoms with E-state index >= 15 is 0 Å². The standard InChI is InChI=1S/C14H12N2O4/c17-11-3-1-9(2-4-11)14(20)16-15-8-10-7-12(18)5-6-13(10)19/h1-8,17-19H,(H,16,20)/b15-8+. The first kappa shape index (κ1) is 13.4. The molecule has 0 aliphatic rings. The summed E-state index contributed by atoms with van der Waals surface area (Å²) in [5.41, 5.74) is 2.88. The fourth-order valence-corrected chi connectivity index (χ4v) is 1.48. The van der Waals surface area contributed by atoms with Crippen molar-refractivity contribution in [2.75, 3.05) is 0 Å². The lowest BCUT2D eigenvalue weighted by Crippen LogP contribution is -2.17. The molecular weight excluding hydrogens is 260 g/mol. The van der Waals surface area contributed by atoms with Gasteiger partial charge in [0.15, 0.2) is 0 Å². The van der Waals surface area contributed by atoms with Crippen LogP contribution in [0.3, 0.4) is 0 Å². The highest BCUT2D eigenvalue weighted by Crippen LogP contribution is 2.19. The normalized spacial score (nSPS) is 10.6. The molecule has 0 aliphatic carbocycles. The Morgan fingerprint density at radius 2 is 1.65 bits per heavy atom. The molecule has 0 saturated heterocycles. The van der Waals surface area contributed by atoms with Crippen molar-refractivity contribution < 1.29 is 20.1 Å². The molecular formula is C14H12N2O4. The third kappa shape index (κ3) is 3.26. The molecule has 0 unspecified atom stereocenters. The lowest BCUT2D eigenvalue weighted by molar-refractivity contribution is 0.0955. The van der Waals surface area contributed by atoms with Gasteiger partial charge in [0, 0.05) is 11.1 Å². The van der Waals surface area contributed by atoms with Crippen molar-refractivity contribution in [1.82, 2.24) is 5.43 Å². The number of aromatic hydroxyl groups is 3. The molecule has 20 heavy (non-hydrogen) atoms. The Kier molecular flexibility index (Phi) is 3.85. The van der Waals surface area contributed by atoms with Crippen LogP contribution in [0, 0.1) is 0 Å². The highest BCUT2D eigenvalue weighted by molar-refractivity contribution is 5.95. The molecule has 0 radical (unpaired) electrons. The maximum Gasteiger partial charge on any atom is 0.271 e. The molecule has 2 aromatic carbocycles. The minimum Gasteiger partial charge on any atom is -0.508 e. The van der Waals surface area contributed by atoms with Gasteiger partial charge in [-0.3, -0.25) is 4.79 Å². The number of hydrazone groups is 1. The van der Waals surface area contributed by atoms with Crippen molar-refractivity contribution in [2.45, 2.75) is 0 Å². The maximum atomic E-state index is 11.7. The van der Waals surface area contributed by atoms with Crippen LogP contribution in [-0.2, 0) is 0 Å². The fraction of sp³-hybridized carbons (Fsp3) is 0. The number of rotatable bonds is 3. The molecule has 0 spiro atoms. The average molecular weight is 272 g/mol. The Labute approximate surface area is 114 Å². The van der Waals surface area contributed by atoms with Gasteiger partial charge in [0.1, 0.15) is 17.2 Å². The Hall–Kier alpha value is -3.02. The van der Waals surface area contributed by atoms with E-state index in [1.165, 1.54) is 48.7 Å². The van der Waals surface area contributed by atoms with Gasteiger partial charge in [0.2, 0.25) is 0 Å². The Balaban J connectivity index is 2.04. The van der Waals surface area contributed by atoms with Crippen molar-refractivity contribution in [3.8, 4) is 17.2 Å². The van der Waals surface area contributed by atoms with E-state index in [0.717, 1.165) is 0 Å². The van der Waals surface area contributed by atoms with E-state index in [4.69, 9.17) is 5.11 Å². The van der Waals surface area contributed by atoms with E-state index in [2.05, 4.69) is 10.5 Å². The number of benzene rings is 2. The van der Waals surface area contributed by atoms with Crippen molar-refractivity contribution in [3.63, 3.8) is 0 Å². The second-order valence-electron chi connectivity index (χ2n) is 3.99. The Bertz CT molecular complexity index is 651. The van der Waals surface area contributed by atoms with Gasteiger partial charge >= 0.3 is 0 Å². The minimum absolute atomic E-state index is 0.0193. The molecule has 0 bridgehead atoms. The minimum atomic E-state index is -0.458. The van der Waals surface area contributed by atoms with E-state index in [1.807, 2.05) is 0 Å². The number of nitrogens with one attached hydrogen (secondary N) is 1. The molecule has 0 fully saturated rings. The van der Waals surface area contributed by atoms with Crippen LogP contribution in [0.2, 0.25) is 0 Å². The van der Waals surface area contributed by atoms with Gasteiger partial charge in [-0.15, -0.1) is 0 Å². The van der Waals surface area contributed by atoms with Crippen LogP contribution in [0.1, 0.15) is 15.9 Å². The number of phenolic OH excluding ortho intramolecular Hbond substituents is 3. The van der Waals surface area contributed by atoms with Gasteiger partial charge in [-0.2, -0.15) is 5.10 Å². The molecule has 0 atom stereocenters. The molecule has 4 N–H and O–H groups in total. The molecule has 0 heterocycles. The van der Waals surface area contributed by atoms with Crippen LogP contribution in [0.15, 0.2) is 47.6 Å². The number of hydrogen-bond acceptors (Lipinski definition) is 5. The first-order valence-electron chi connectivity index (χ1n) is 5.70. The zero-order chi connectivity index (χ0) is 14.5. The second kappa shape index (κ2) is 5.75. The third-order valence-electron chi connectivity index (χ3n) is 2.51. The summed E-state index contributed by atoms with van der Waals surface area (Å²) in [5, 5.41) is 31.6. The number of phenols is 3.